The van der Waals surface area contributed by atoms with Crippen molar-refractivity contribution in [2.75, 3.05) is 13.1 Å². The molecule has 0 spiro atoms. The van der Waals surface area contributed by atoms with Gasteiger partial charge >= 0.3 is 0 Å². The summed E-state index contributed by atoms with van der Waals surface area (Å²) in [7, 11) is 0. The molecule has 0 atom stereocenters. The van der Waals surface area contributed by atoms with Crippen molar-refractivity contribution in [1.29, 1.82) is 0 Å². The van der Waals surface area contributed by atoms with E-state index in [2.05, 4.69) is 28.2 Å². The van der Waals surface area contributed by atoms with E-state index in [4.69, 9.17) is 4.74 Å². The first-order valence-electron chi connectivity index (χ1n) is 6.50. The topological polar surface area (TPSA) is 21.3 Å². The monoisotopic (exact) mass is 315 g/mol. The SMILES string of the molecule is CCNCCC1(Oc2ccc(F)c(Br)c2)CCC1. The number of hydrogen-bond acceptors (Lipinski definition) is 2. The fourth-order valence-electron chi connectivity index (χ4n) is 2.26. The molecule has 1 fully saturated rings. The van der Waals surface area contributed by atoms with Crippen molar-refractivity contribution in [2.24, 2.45) is 0 Å². The Morgan fingerprint density at radius 2 is 2.22 bits per heavy atom. The van der Waals surface area contributed by atoms with Gasteiger partial charge in [0.15, 0.2) is 0 Å². The molecule has 1 N–H and O–H groups in total. The number of nitrogens with one attached hydrogen (secondary N) is 1. The minimum atomic E-state index is -0.252. The van der Waals surface area contributed by atoms with Gasteiger partial charge in [0.25, 0.3) is 0 Å². The first-order valence-corrected chi connectivity index (χ1v) is 7.29. The van der Waals surface area contributed by atoms with Crippen molar-refractivity contribution in [3.8, 4) is 5.75 Å². The van der Waals surface area contributed by atoms with E-state index in [0.29, 0.717) is 4.47 Å². The summed E-state index contributed by atoms with van der Waals surface area (Å²) in [5.41, 5.74) is -0.0422. The molecule has 0 unspecified atom stereocenters. The third-order valence-corrected chi connectivity index (χ3v) is 4.11. The van der Waals surface area contributed by atoms with Crippen LogP contribution in [0.1, 0.15) is 32.6 Å². The minimum absolute atomic E-state index is 0.0422. The summed E-state index contributed by atoms with van der Waals surface area (Å²) >= 11 is 3.19. The van der Waals surface area contributed by atoms with E-state index in [0.717, 1.165) is 38.1 Å². The molecule has 1 aliphatic carbocycles. The molecule has 0 aliphatic heterocycles. The van der Waals surface area contributed by atoms with Crippen LogP contribution in [0.5, 0.6) is 5.75 Å². The lowest BCUT2D eigenvalue weighted by Crippen LogP contribution is -2.45. The molecule has 1 saturated carbocycles. The quantitative estimate of drug-likeness (QED) is 0.804. The smallest absolute Gasteiger partial charge is 0.137 e. The summed E-state index contributed by atoms with van der Waals surface area (Å²) in [6.07, 6.45) is 4.41. The highest BCUT2D eigenvalue weighted by Gasteiger charge is 2.38. The Kier molecular flexibility index (Phi) is 4.62. The minimum Gasteiger partial charge on any atom is -0.487 e. The van der Waals surface area contributed by atoms with Gasteiger partial charge in [-0.25, -0.2) is 4.39 Å². The van der Waals surface area contributed by atoms with Gasteiger partial charge in [-0.15, -0.1) is 0 Å². The van der Waals surface area contributed by atoms with Gasteiger partial charge in [0.05, 0.1) is 4.47 Å². The van der Waals surface area contributed by atoms with Gasteiger partial charge in [-0.1, -0.05) is 6.92 Å². The van der Waals surface area contributed by atoms with Crippen molar-refractivity contribution in [3.05, 3.63) is 28.5 Å². The Morgan fingerprint density at radius 1 is 1.44 bits per heavy atom. The van der Waals surface area contributed by atoms with Crippen molar-refractivity contribution >= 4 is 15.9 Å². The third kappa shape index (κ3) is 3.23. The third-order valence-electron chi connectivity index (χ3n) is 3.50. The van der Waals surface area contributed by atoms with Crippen LogP contribution in [0, 0.1) is 5.82 Å². The fourth-order valence-corrected chi connectivity index (χ4v) is 2.62. The average molecular weight is 316 g/mol. The molecule has 2 nitrogen and oxygen atoms in total. The average Bonchev–Trinajstić information content (AvgIpc) is 2.31. The number of hydrogen-bond donors (Lipinski definition) is 1. The predicted molar refractivity (Wildman–Crippen MR) is 74.5 cm³/mol. The summed E-state index contributed by atoms with van der Waals surface area (Å²) in [5, 5.41) is 3.33. The van der Waals surface area contributed by atoms with Crippen molar-refractivity contribution in [1.82, 2.24) is 5.32 Å². The molecular formula is C14H19BrFNO. The van der Waals surface area contributed by atoms with Crippen LogP contribution in [-0.2, 0) is 0 Å². The zero-order valence-corrected chi connectivity index (χ0v) is 12.2. The van der Waals surface area contributed by atoms with Crippen LogP contribution in [0.2, 0.25) is 0 Å². The second kappa shape index (κ2) is 6.02. The van der Waals surface area contributed by atoms with Crippen molar-refractivity contribution < 1.29 is 9.13 Å². The number of benzene rings is 1. The lowest BCUT2D eigenvalue weighted by atomic mass is 9.77. The van der Waals surface area contributed by atoms with Gasteiger partial charge in [-0.2, -0.15) is 0 Å². The molecule has 0 radical (unpaired) electrons. The maximum Gasteiger partial charge on any atom is 0.137 e. The highest BCUT2D eigenvalue weighted by molar-refractivity contribution is 9.10. The first-order chi connectivity index (χ1) is 8.65. The Labute approximate surface area is 116 Å². The van der Waals surface area contributed by atoms with E-state index in [9.17, 15) is 4.39 Å². The molecule has 0 saturated heterocycles. The standard InChI is InChI=1S/C14H19BrFNO/c1-2-17-9-8-14(6-3-7-14)18-11-4-5-13(16)12(15)10-11/h4-5,10,17H,2-3,6-9H2,1H3. The molecule has 18 heavy (non-hydrogen) atoms. The Morgan fingerprint density at radius 3 is 2.78 bits per heavy atom. The summed E-state index contributed by atoms with van der Waals surface area (Å²) in [5.74, 6) is 0.497. The molecule has 0 heterocycles. The van der Waals surface area contributed by atoms with Gasteiger partial charge in [0.1, 0.15) is 17.2 Å². The number of halogens is 2. The second-order valence-corrected chi connectivity index (χ2v) is 5.67. The van der Waals surface area contributed by atoms with E-state index >= 15 is 0 Å². The van der Waals surface area contributed by atoms with Crippen LogP contribution in [-0.4, -0.2) is 18.7 Å². The van der Waals surface area contributed by atoms with Crippen LogP contribution in [0.25, 0.3) is 0 Å². The Balaban J connectivity index is 1.98. The summed E-state index contributed by atoms with van der Waals surface area (Å²) in [6.45, 7) is 4.06. The maximum atomic E-state index is 13.2. The normalized spacial score (nSPS) is 17.3. The van der Waals surface area contributed by atoms with Crippen LogP contribution in [0.3, 0.4) is 0 Å². The second-order valence-electron chi connectivity index (χ2n) is 4.82. The predicted octanol–water partition coefficient (Wildman–Crippen LogP) is 3.89. The number of ether oxygens (including phenoxy) is 1. The molecule has 2 rings (SSSR count). The zero-order chi connectivity index (χ0) is 13.0. The molecular weight excluding hydrogens is 297 g/mol. The molecule has 0 amide bonds. The molecule has 0 bridgehead atoms. The van der Waals surface area contributed by atoms with Gasteiger partial charge < -0.3 is 10.1 Å². The van der Waals surface area contributed by atoms with Crippen LogP contribution in [0.4, 0.5) is 4.39 Å². The number of rotatable bonds is 6. The first kappa shape index (κ1) is 13.8. The highest BCUT2D eigenvalue weighted by Crippen LogP contribution is 2.39. The zero-order valence-electron chi connectivity index (χ0n) is 10.6. The summed E-state index contributed by atoms with van der Waals surface area (Å²) in [6, 6.07) is 4.85. The van der Waals surface area contributed by atoms with Crippen LogP contribution >= 0.6 is 15.9 Å². The van der Waals surface area contributed by atoms with E-state index in [1.165, 1.54) is 12.5 Å². The van der Waals surface area contributed by atoms with Crippen molar-refractivity contribution in [3.63, 3.8) is 0 Å². The van der Waals surface area contributed by atoms with E-state index < -0.39 is 0 Å². The molecule has 1 aromatic rings. The molecule has 1 aromatic carbocycles. The molecule has 100 valence electrons. The van der Waals surface area contributed by atoms with Gasteiger partial charge in [0, 0.05) is 0 Å². The highest BCUT2D eigenvalue weighted by atomic mass is 79.9. The largest absolute Gasteiger partial charge is 0.487 e. The lowest BCUT2D eigenvalue weighted by Gasteiger charge is -2.42. The van der Waals surface area contributed by atoms with Gasteiger partial charge in [-0.3, -0.25) is 0 Å². The fraction of sp³-hybridized carbons (Fsp3) is 0.571. The van der Waals surface area contributed by atoms with Crippen molar-refractivity contribution in [2.45, 2.75) is 38.2 Å². The summed E-state index contributed by atoms with van der Waals surface area (Å²) < 4.78 is 19.7. The van der Waals surface area contributed by atoms with E-state index in [-0.39, 0.29) is 11.4 Å². The Bertz CT molecular complexity index is 407. The molecule has 0 aromatic heterocycles. The van der Waals surface area contributed by atoms with E-state index in [1.54, 1.807) is 12.1 Å². The molecule has 1 aliphatic rings. The van der Waals surface area contributed by atoms with Crippen LogP contribution in [0.15, 0.2) is 22.7 Å². The maximum absolute atomic E-state index is 13.2. The lowest BCUT2D eigenvalue weighted by molar-refractivity contribution is -0.0142. The molecule has 4 heteroatoms. The Hall–Kier alpha value is -0.610. The van der Waals surface area contributed by atoms with Gasteiger partial charge in [0.2, 0.25) is 0 Å². The van der Waals surface area contributed by atoms with Crippen LogP contribution < -0.4 is 10.1 Å². The summed E-state index contributed by atoms with van der Waals surface area (Å²) in [4.78, 5) is 0. The van der Waals surface area contributed by atoms with Gasteiger partial charge in [-0.05, 0) is 72.9 Å². The van der Waals surface area contributed by atoms with E-state index in [1.807, 2.05) is 0 Å².